The van der Waals surface area contributed by atoms with Gasteiger partial charge in [-0.1, -0.05) is 12.1 Å². The number of rotatable bonds is 9. The Morgan fingerprint density at radius 2 is 1.83 bits per heavy atom. The molecule has 2 aromatic heterocycles. The fraction of sp³-hybridized carbons (Fsp3) is 0.519. The summed E-state index contributed by atoms with van der Waals surface area (Å²) in [4.78, 5) is 29.3. The molecule has 192 valence electrons. The molecule has 2 aliphatic rings. The molecule has 1 amide bonds. The van der Waals surface area contributed by atoms with Crippen LogP contribution < -0.4 is 10.2 Å². The molecular formula is C27H37N7O2. The Labute approximate surface area is 213 Å². The highest BCUT2D eigenvalue weighted by Crippen LogP contribution is 2.31. The highest BCUT2D eigenvalue weighted by atomic mass is 16.5. The van der Waals surface area contributed by atoms with Crippen LogP contribution in [0, 0.1) is 0 Å². The average molecular weight is 492 g/mol. The van der Waals surface area contributed by atoms with Crippen LogP contribution in [0.5, 0.6) is 0 Å². The predicted octanol–water partition coefficient (Wildman–Crippen LogP) is 2.98. The Morgan fingerprint density at radius 3 is 2.56 bits per heavy atom. The van der Waals surface area contributed by atoms with Crippen molar-refractivity contribution in [2.24, 2.45) is 0 Å². The third-order valence-corrected chi connectivity index (χ3v) is 7.27. The maximum atomic E-state index is 13.3. The fourth-order valence-electron chi connectivity index (χ4n) is 5.22. The van der Waals surface area contributed by atoms with Gasteiger partial charge in [0, 0.05) is 83.2 Å². The number of hydrogen-bond donors (Lipinski definition) is 1. The van der Waals surface area contributed by atoms with Crippen molar-refractivity contribution in [3.63, 3.8) is 0 Å². The summed E-state index contributed by atoms with van der Waals surface area (Å²) in [6.45, 7) is 9.27. The molecule has 0 radical (unpaired) electrons. The summed E-state index contributed by atoms with van der Waals surface area (Å²) in [5, 5.41) is 3.49. The Bertz CT molecular complexity index is 1150. The second-order valence-electron chi connectivity index (χ2n) is 9.73. The Morgan fingerprint density at radius 1 is 1.08 bits per heavy atom. The van der Waals surface area contributed by atoms with Crippen LogP contribution in [0.1, 0.15) is 26.2 Å². The predicted molar refractivity (Wildman–Crippen MR) is 142 cm³/mol. The van der Waals surface area contributed by atoms with Gasteiger partial charge in [0.1, 0.15) is 17.6 Å². The lowest BCUT2D eigenvalue weighted by Gasteiger charge is -2.36. The molecule has 2 saturated heterocycles. The van der Waals surface area contributed by atoms with Gasteiger partial charge < -0.3 is 19.9 Å². The number of amides is 1. The summed E-state index contributed by atoms with van der Waals surface area (Å²) in [5.74, 6) is 0.936. The number of carbonyl (C=O) groups excluding carboxylic acids is 1. The largest absolute Gasteiger partial charge is 0.385 e. The van der Waals surface area contributed by atoms with Gasteiger partial charge in [-0.15, -0.1) is 0 Å². The molecule has 1 aromatic carbocycles. The number of ether oxygens (including phenoxy) is 1. The van der Waals surface area contributed by atoms with Crippen LogP contribution in [-0.4, -0.2) is 95.6 Å². The van der Waals surface area contributed by atoms with Crippen molar-refractivity contribution in [2.75, 3.05) is 69.7 Å². The zero-order chi connectivity index (χ0) is 24.9. The zero-order valence-corrected chi connectivity index (χ0v) is 21.4. The van der Waals surface area contributed by atoms with E-state index in [-0.39, 0.29) is 11.9 Å². The minimum atomic E-state index is -0.374. The van der Waals surface area contributed by atoms with Gasteiger partial charge in [0.2, 0.25) is 5.91 Å². The van der Waals surface area contributed by atoms with E-state index < -0.39 is 0 Å². The highest BCUT2D eigenvalue weighted by Gasteiger charge is 2.26. The Kier molecular flexibility index (Phi) is 7.67. The topological polar surface area (TPSA) is 78.2 Å². The SMILES string of the molecule is COCCCN1CCN(C(=O)C(C)Nc2c(-c3ccc(N4CCCC4)cc3)nc3cnccn23)CC1. The number of methoxy groups -OCH3 is 1. The van der Waals surface area contributed by atoms with Crippen LogP contribution in [0.25, 0.3) is 16.9 Å². The smallest absolute Gasteiger partial charge is 0.244 e. The zero-order valence-electron chi connectivity index (χ0n) is 21.4. The molecule has 3 aromatic rings. The monoisotopic (exact) mass is 491 g/mol. The van der Waals surface area contributed by atoms with E-state index >= 15 is 0 Å². The number of nitrogens with zero attached hydrogens (tertiary/aromatic N) is 6. The summed E-state index contributed by atoms with van der Waals surface area (Å²) in [5.41, 5.74) is 3.86. The van der Waals surface area contributed by atoms with E-state index in [4.69, 9.17) is 9.72 Å². The lowest BCUT2D eigenvalue weighted by Crippen LogP contribution is -2.52. The van der Waals surface area contributed by atoms with Crippen molar-refractivity contribution in [2.45, 2.75) is 32.2 Å². The van der Waals surface area contributed by atoms with E-state index in [2.05, 4.69) is 44.4 Å². The third-order valence-electron chi connectivity index (χ3n) is 7.27. The van der Waals surface area contributed by atoms with Crippen molar-refractivity contribution < 1.29 is 9.53 Å². The molecule has 36 heavy (non-hydrogen) atoms. The van der Waals surface area contributed by atoms with E-state index in [1.54, 1.807) is 19.5 Å². The second kappa shape index (κ2) is 11.3. The maximum Gasteiger partial charge on any atom is 0.244 e. The summed E-state index contributed by atoms with van der Waals surface area (Å²) < 4.78 is 7.14. The molecule has 2 aliphatic heterocycles. The maximum absolute atomic E-state index is 13.3. The molecular weight excluding hydrogens is 454 g/mol. The first-order chi connectivity index (χ1) is 17.6. The number of nitrogens with one attached hydrogen (secondary N) is 1. The van der Waals surface area contributed by atoms with Crippen molar-refractivity contribution in [1.29, 1.82) is 0 Å². The van der Waals surface area contributed by atoms with Gasteiger partial charge in [-0.05, 0) is 38.3 Å². The minimum absolute atomic E-state index is 0.117. The standard InChI is InChI=1S/C27H37N7O2/c1-21(27(35)33-17-15-31(16-18-33)11-5-19-36-2)29-26-25(30-24-20-28-10-14-34(24)26)22-6-8-23(9-7-22)32-12-3-4-13-32/h6-10,14,20-21,29H,3-5,11-13,15-19H2,1-2H3. The fourth-order valence-corrected chi connectivity index (χ4v) is 5.22. The molecule has 9 heteroatoms. The third kappa shape index (κ3) is 5.32. The summed E-state index contributed by atoms with van der Waals surface area (Å²) in [7, 11) is 1.74. The number of carbonyl (C=O) groups is 1. The minimum Gasteiger partial charge on any atom is -0.385 e. The molecule has 5 rings (SSSR count). The molecule has 1 unspecified atom stereocenters. The number of anilines is 2. The van der Waals surface area contributed by atoms with Gasteiger partial charge in [-0.3, -0.25) is 19.1 Å². The van der Waals surface area contributed by atoms with Crippen LogP contribution in [-0.2, 0) is 9.53 Å². The van der Waals surface area contributed by atoms with Crippen LogP contribution in [0.4, 0.5) is 11.5 Å². The Balaban J connectivity index is 1.30. The van der Waals surface area contributed by atoms with Crippen molar-refractivity contribution in [3.05, 3.63) is 42.9 Å². The lowest BCUT2D eigenvalue weighted by molar-refractivity contribution is -0.133. The van der Waals surface area contributed by atoms with E-state index in [0.717, 1.165) is 81.6 Å². The molecule has 0 aliphatic carbocycles. The van der Waals surface area contributed by atoms with Crippen molar-refractivity contribution in [3.8, 4) is 11.3 Å². The van der Waals surface area contributed by atoms with Gasteiger partial charge >= 0.3 is 0 Å². The molecule has 1 atom stereocenters. The number of aromatic nitrogens is 3. The molecule has 0 bridgehead atoms. The molecule has 1 N–H and O–H groups in total. The van der Waals surface area contributed by atoms with Crippen LogP contribution in [0.3, 0.4) is 0 Å². The summed E-state index contributed by atoms with van der Waals surface area (Å²) >= 11 is 0. The first kappa shape index (κ1) is 24.5. The highest BCUT2D eigenvalue weighted by molar-refractivity contribution is 5.86. The number of imidazole rings is 1. The summed E-state index contributed by atoms with van der Waals surface area (Å²) in [6, 6.07) is 8.23. The molecule has 2 fully saturated rings. The average Bonchev–Trinajstić information content (AvgIpc) is 3.58. The molecule has 0 spiro atoms. The van der Waals surface area contributed by atoms with Crippen LogP contribution in [0.15, 0.2) is 42.9 Å². The first-order valence-corrected chi connectivity index (χ1v) is 13.1. The van der Waals surface area contributed by atoms with Gasteiger partial charge in [-0.2, -0.15) is 0 Å². The lowest BCUT2D eigenvalue weighted by atomic mass is 10.1. The van der Waals surface area contributed by atoms with Crippen molar-refractivity contribution >= 4 is 23.1 Å². The number of fused-ring (bicyclic) bond motifs is 1. The second-order valence-corrected chi connectivity index (χ2v) is 9.73. The number of benzene rings is 1. The van der Waals surface area contributed by atoms with Gasteiger partial charge in [0.15, 0.2) is 5.65 Å². The quantitative estimate of drug-likeness (QED) is 0.461. The van der Waals surface area contributed by atoms with E-state index in [0.29, 0.717) is 0 Å². The summed E-state index contributed by atoms with van der Waals surface area (Å²) in [6.07, 6.45) is 8.92. The normalized spacial score (nSPS) is 17.6. The van der Waals surface area contributed by atoms with E-state index in [1.807, 2.05) is 22.4 Å². The van der Waals surface area contributed by atoms with Gasteiger partial charge in [0.05, 0.1) is 6.20 Å². The van der Waals surface area contributed by atoms with Gasteiger partial charge in [-0.25, -0.2) is 4.98 Å². The van der Waals surface area contributed by atoms with E-state index in [1.165, 1.54) is 18.5 Å². The van der Waals surface area contributed by atoms with Crippen molar-refractivity contribution in [1.82, 2.24) is 24.2 Å². The number of piperazine rings is 1. The number of hydrogen-bond acceptors (Lipinski definition) is 7. The van der Waals surface area contributed by atoms with Crippen LogP contribution in [0.2, 0.25) is 0 Å². The molecule has 4 heterocycles. The van der Waals surface area contributed by atoms with Gasteiger partial charge in [0.25, 0.3) is 0 Å². The van der Waals surface area contributed by atoms with Crippen LogP contribution >= 0.6 is 0 Å². The van der Waals surface area contributed by atoms with E-state index in [9.17, 15) is 4.79 Å². The first-order valence-electron chi connectivity index (χ1n) is 13.1. The molecule has 9 nitrogen and oxygen atoms in total. The Hall–Kier alpha value is -3.17. The molecule has 0 saturated carbocycles.